The van der Waals surface area contributed by atoms with Crippen molar-refractivity contribution in [1.29, 1.82) is 0 Å². The van der Waals surface area contributed by atoms with Crippen molar-refractivity contribution >= 4 is 23.7 Å². The van der Waals surface area contributed by atoms with Crippen LogP contribution in [0.5, 0.6) is 5.75 Å². The smallest absolute Gasteiger partial charge is 0.410 e. The van der Waals surface area contributed by atoms with Crippen molar-refractivity contribution in [3.63, 3.8) is 0 Å². The Labute approximate surface area is 140 Å². The van der Waals surface area contributed by atoms with Crippen molar-refractivity contribution in [2.45, 2.75) is 33.3 Å². The highest BCUT2D eigenvalue weighted by molar-refractivity contribution is 6.31. The number of carbonyl (C=O) groups is 2. The number of carboxylic acids is 1. The molecule has 1 aromatic rings. The Morgan fingerprint density at radius 2 is 1.96 bits per heavy atom. The zero-order chi connectivity index (χ0) is 17.6. The number of likely N-dealkylation sites (N-methyl/N-ethyl adjacent to an activating group) is 1. The summed E-state index contributed by atoms with van der Waals surface area (Å²) < 4.78 is 10.8. The third kappa shape index (κ3) is 6.36. The molecule has 0 fully saturated rings. The van der Waals surface area contributed by atoms with E-state index in [0.29, 0.717) is 11.6 Å². The molecule has 0 unspecified atom stereocenters. The summed E-state index contributed by atoms with van der Waals surface area (Å²) in [6, 6.07) is 4.37. The molecule has 0 saturated carbocycles. The molecule has 6 nitrogen and oxygen atoms in total. The van der Waals surface area contributed by atoms with E-state index in [0.717, 1.165) is 0 Å². The van der Waals surface area contributed by atoms with Crippen LogP contribution in [0.15, 0.2) is 18.2 Å². The van der Waals surface area contributed by atoms with Crippen molar-refractivity contribution in [3.05, 3.63) is 28.8 Å². The summed E-state index contributed by atoms with van der Waals surface area (Å²) in [6.07, 6.45) is -0.432. The first kappa shape index (κ1) is 19.1. The fourth-order valence-corrected chi connectivity index (χ4v) is 1.94. The van der Waals surface area contributed by atoms with E-state index >= 15 is 0 Å². The zero-order valence-electron chi connectivity index (χ0n) is 13.8. The minimum Gasteiger partial charge on any atom is -0.491 e. The molecule has 0 aliphatic heterocycles. The first-order valence-electron chi connectivity index (χ1n) is 7.27. The largest absolute Gasteiger partial charge is 0.491 e. The number of aromatic carboxylic acids is 1. The van der Waals surface area contributed by atoms with Crippen LogP contribution in [-0.2, 0) is 4.74 Å². The number of rotatable bonds is 6. The number of ether oxygens (including phenoxy) is 2. The lowest BCUT2D eigenvalue weighted by molar-refractivity contribution is 0.0236. The normalized spacial score (nSPS) is 11.0. The Balaban J connectivity index is 2.65. The van der Waals surface area contributed by atoms with Gasteiger partial charge in [-0.2, -0.15) is 0 Å². The highest BCUT2D eigenvalue weighted by atomic mass is 35.5. The molecule has 128 valence electrons. The van der Waals surface area contributed by atoms with E-state index in [1.54, 1.807) is 26.8 Å². The summed E-state index contributed by atoms with van der Waals surface area (Å²) in [5.41, 5.74) is -0.587. The van der Waals surface area contributed by atoms with Gasteiger partial charge in [0.1, 0.15) is 23.5 Å². The van der Waals surface area contributed by atoms with Crippen LogP contribution >= 0.6 is 11.6 Å². The fourth-order valence-electron chi connectivity index (χ4n) is 1.77. The van der Waals surface area contributed by atoms with Crippen molar-refractivity contribution < 1.29 is 24.2 Å². The van der Waals surface area contributed by atoms with Crippen molar-refractivity contribution in [1.82, 2.24) is 4.90 Å². The molecule has 1 aromatic carbocycles. The van der Waals surface area contributed by atoms with Crippen LogP contribution in [0, 0.1) is 0 Å². The summed E-state index contributed by atoms with van der Waals surface area (Å²) >= 11 is 5.78. The van der Waals surface area contributed by atoms with E-state index in [-0.39, 0.29) is 24.5 Å². The number of hydrogen-bond donors (Lipinski definition) is 1. The number of carboxylic acid groups (broad SMARTS) is 1. The monoisotopic (exact) mass is 343 g/mol. The third-order valence-electron chi connectivity index (χ3n) is 2.82. The van der Waals surface area contributed by atoms with Crippen LogP contribution in [0.4, 0.5) is 4.79 Å². The number of benzene rings is 1. The molecule has 0 atom stereocenters. The van der Waals surface area contributed by atoms with Gasteiger partial charge in [0.05, 0.1) is 6.54 Å². The standard InChI is InChI=1S/C16H22ClNO5/c1-5-18(15(21)23-16(2,3)4)8-9-22-13-7-6-11(17)10-12(13)14(19)20/h6-7,10H,5,8-9H2,1-4H3,(H,19,20). The molecule has 0 aliphatic rings. The second-order valence-corrected chi connectivity index (χ2v) is 6.29. The van der Waals surface area contributed by atoms with Gasteiger partial charge in [-0.1, -0.05) is 11.6 Å². The number of halogens is 1. The predicted octanol–water partition coefficient (Wildman–Crippen LogP) is 3.67. The average Bonchev–Trinajstić information content (AvgIpc) is 2.42. The van der Waals surface area contributed by atoms with Crippen LogP contribution in [0.2, 0.25) is 5.02 Å². The van der Waals surface area contributed by atoms with E-state index in [9.17, 15) is 9.59 Å². The summed E-state index contributed by atoms with van der Waals surface area (Å²) in [4.78, 5) is 24.6. The predicted molar refractivity (Wildman–Crippen MR) is 87.4 cm³/mol. The van der Waals surface area contributed by atoms with Gasteiger partial charge in [-0.05, 0) is 45.9 Å². The molecule has 1 rings (SSSR count). The summed E-state index contributed by atoms with van der Waals surface area (Å²) in [5, 5.41) is 9.46. The Morgan fingerprint density at radius 3 is 2.48 bits per heavy atom. The number of nitrogens with zero attached hydrogens (tertiary/aromatic N) is 1. The fraction of sp³-hybridized carbons (Fsp3) is 0.500. The summed E-state index contributed by atoms with van der Waals surface area (Å²) in [5.74, 6) is -0.913. The number of amides is 1. The molecule has 1 N–H and O–H groups in total. The van der Waals surface area contributed by atoms with E-state index in [1.807, 2.05) is 6.92 Å². The number of hydrogen-bond acceptors (Lipinski definition) is 4. The van der Waals surface area contributed by atoms with E-state index in [1.165, 1.54) is 17.0 Å². The maximum absolute atomic E-state index is 12.0. The Hall–Kier alpha value is -1.95. The first-order chi connectivity index (χ1) is 10.6. The maximum atomic E-state index is 12.0. The van der Waals surface area contributed by atoms with Gasteiger partial charge in [-0.3, -0.25) is 0 Å². The molecule has 0 aromatic heterocycles. The van der Waals surface area contributed by atoms with Crippen molar-refractivity contribution in [2.24, 2.45) is 0 Å². The van der Waals surface area contributed by atoms with Crippen molar-refractivity contribution in [3.8, 4) is 5.75 Å². The molecule has 0 heterocycles. The van der Waals surface area contributed by atoms with Gasteiger partial charge in [0.15, 0.2) is 0 Å². The molecule has 0 spiro atoms. The Kier molecular flexibility index (Phi) is 6.69. The molecule has 1 amide bonds. The van der Waals surface area contributed by atoms with E-state index in [2.05, 4.69) is 0 Å². The van der Waals surface area contributed by atoms with Gasteiger partial charge in [0, 0.05) is 11.6 Å². The van der Waals surface area contributed by atoms with Gasteiger partial charge in [-0.25, -0.2) is 9.59 Å². The summed E-state index contributed by atoms with van der Waals surface area (Å²) in [7, 11) is 0. The summed E-state index contributed by atoms with van der Waals surface area (Å²) in [6.45, 7) is 8.11. The van der Waals surface area contributed by atoms with Crippen molar-refractivity contribution in [2.75, 3.05) is 19.7 Å². The van der Waals surface area contributed by atoms with Gasteiger partial charge >= 0.3 is 12.1 Å². The lowest BCUT2D eigenvalue weighted by Crippen LogP contribution is -2.39. The Bertz CT molecular complexity index is 568. The average molecular weight is 344 g/mol. The minimum absolute atomic E-state index is 0.0159. The second kappa shape index (κ2) is 8.06. The molecule has 0 saturated heterocycles. The molecular weight excluding hydrogens is 322 g/mol. The van der Waals surface area contributed by atoms with Crippen LogP contribution in [0.1, 0.15) is 38.1 Å². The molecule has 0 aliphatic carbocycles. The quantitative estimate of drug-likeness (QED) is 0.852. The van der Waals surface area contributed by atoms with Gasteiger partial charge < -0.3 is 19.5 Å². The maximum Gasteiger partial charge on any atom is 0.410 e. The number of carbonyl (C=O) groups excluding carboxylic acids is 1. The topological polar surface area (TPSA) is 76.1 Å². The van der Waals surface area contributed by atoms with Gasteiger partial charge in [-0.15, -0.1) is 0 Å². The SMILES string of the molecule is CCN(CCOc1ccc(Cl)cc1C(=O)O)C(=O)OC(C)(C)C. The third-order valence-corrected chi connectivity index (χ3v) is 3.06. The molecule has 0 bridgehead atoms. The van der Waals surface area contributed by atoms with Crippen LogP contribution in [-0.4, -0.2) is 47.4 Å². The molecule has 7 heteroatoms. The molecular formula is C16H22ClNO5. The molecule has 23 heavy (non-hydrogen) atoms. The first-order valence-corrected chi connectivity index (χ1v) is 7.65. The Morgan fingerprint density at radius 1 is 1.30 bits per heavy atom. The minimum atomic E-state index is -1.12. The molecule has 0 radical (unpaired) electrons. The van der Waals surface area contributed by atoms with Crippen LogP contribution in [0.3, 0.4) is 0 Å². The highest BCUT2D eigenvalue weighted by Gasteiger charge is 2.21. The van der Waals surface area contributed by atoms with E-state index < -0.39 is 17.7 Å². The van der Waals surface area contributed by atoms with Gasteiger partial charge in [0.2, 0.25) is 0 Å². The van der Waals surface area contributed by atoms with Crippen LogP contribution < -0.4 is 4.74 Å². The van der Waals surface area contributed by atoms with E-state index in [4.69, 9.17) is 26.2 Å². The lowest BCUT2D eigenvalue weighted by Gasteiger charge is -2.26. The van der Waals surface area contributed by atoms with Crippen LogP contribution in [0.25, 0.3) is 0 Å². The highest BCUT2D eigenvalue weighted by Crippen LogP contribution is 2.23. The lowest BCUT2D eigenvalue weighted by atomic mass is 10.2. The zero-order valence-corrected chi connectivity index (χ0v) is 14.5. The van der Waals surface area contributed by atoms with Gasteiger partial charge in [0.25, 0.3) is 0 Å². The second-order valence-electron chi connectivity index (χ2n) is 5.85.